The third-order valence-electron chi connectivity index (χ3n) is 4.93. The van der Waals surface area contributed by atoms with Gasteiger partial charge in [-0.2, -0.15) is 0 Å². The summed E-state index contributed by atoms with van der Waals surface area (Å²) >= 11 is 12.2. The Bertz CT molecular complexity index is 986. The van der Waals surface area contributed by atoms with E-state index in [-0.39, 0.29) is 6.61 Å². The molecule has 0 radical (unpaired) electrons. The number of benzene rings is 1. The largest absolute Gasteiger partial charge is 0.436 e. The normalized spacial score (nSPS) is 14.4. The van der Waals surface area contributed by atoms with E-state index < -0.39 is 0 Å². The summed E-state index contributed by atoms with van der Waals surface area (Å²) in [6.45, 7) is 1.81. The van der Waals surface area contributed by atoms with Gasteiger partial charge in [0.15, 0.2) is 5.75 Å². The average molecular weight is 445 g/mol. The number of aliphatic hydroxyl groups is 1. The smallest absolute Gasteiger partial charge is 0.225 e. The van der Waals surface area contributed by atoms with E-state index in [1.807, 2.05) is 0 Å². The summed E-state index contributed by atoms with van der Waals surface area (Å²) in [5.41, 5.74) is 2.00. The number of anilines is 1. The SMILES string of the molecule is OCc1cc(Oc2cnc(N3CCCCCC3)nc2)nc(-c2cc(Cl)cc(Cl)c2)c1. The van der Waals surface area contributed by atoms with Crippen molar-refractivity contribution in [3.8, 4) is 22.9 Å². The number of nitrogens with zero attached hydrogens (tertiary/aromatic N) is 4. The van der Waals surface area contributed by atoms with Crippen LogP contribution in [0.25, 0.3) is 11.3 Å². The summed E-state index contributed by atoms with van der Waals surface area (Å²) in [6, 6.07) is 8.63. The van der Waals surface area contributed by atoms with Crippen LogP contribution in [0.1, 0.15) is 31.2 Å². The number of pyridine rings is 1. The molecule has 1 aliphatic heterocycles. The molecule has 0 atom stereocenters. The molecule has 0 aliphatic carbocycles. The number of rotatable bonds is 5. The van der Waals surface area contributed by atoms with Crippen LogP contribution in [0.5, 0.6) is 11.6 Å². The molecular weight excluding hydrogens is 423 g/mol. The molecule has 0 bridgehead atoms. The molecule has 156 valence electrons. The van der Waals surface area contributed by atoms with Crippen LogP contribution in [0.15, 0.2) is 42.7 Å². The molecule has 1 saturated heterocycles. The minimum atomic E-state index is -0.148. The van der Waals surface area contributed by atoms with Gasteiger partial charge in [0.25, 0.3) is 0 Å². The first-order valence-corrected chi connectivity index (χ1v) is 10.7. The van der Waals surface area contributed by atoms with E-state index in [9.17, 15) is 5.11 Å². The fraction of sp³-hybridized carbons (Fsp3) is 0.318. The zero-order valence-electron chi connectivity index (χ0n) is 16.4. The summed E-state index contributed by atoms with van der Waals surface area (Å²) in [5, 5.41) is 10.7. The van der Waals surface area contributed by atoms with Gasteiger partial charge in [-0.05, 0) is 42.7 Å². The first-order valence-electron chi connectivity index (χ1n) is 9.94. The molecule has 1 aromatic carbocycles. The van der Waals surface area contributed by atoms with Gasteiger partial charge in [0.05, 0.1) is 24.7 Å². The van der Waals surface area contributed by atoms with E-state index in [0.717, 1.165) is 37.4 Å². The predicted molar refractivity (Wildman–Crippen MR) is 118 cm³/mol. The van der Waals surface area contributed by atoms with Gasteiger partial charge < -0.3 is 14.7 Å². The molecule has 30 heavy (non-hydrogen) atoms. The standard InChI is InChI=1S/C22H22Cl2N4O2/c23-17-9-16(10-18(24)11-17)20-7-15(14-29)8-21(27-20)30-19-12-25-22(26-13-19)28-5-3-1-2-4-6-28/h7-13,29H,1-6,14H2. The highest BCUT2D eigenvalue weighted by atomic mass is 35.5. The maximum absolute atomic E-state index is 9.65. The van der Waals surface area contributed by atoms with Crippen LogP contribution < -0.4 is 9.64 Å². The average Bonchev–Trinajstić information content (AvgIpc) is 3.03. The second kappa shape index (κ2) is 9.60. The van der Waals surface area contributed by atoms with E-state index in [4.69, 9.17) is 27.9 Å². The van der Waals surface area contributed by atoms with Gasteiger partial charge in [0.1, 0.15) is 0 Å². The molecule has 1 fully saturated rings. The van der Waals surface area contributed by atoms with Gasteiger partial charge in [-0.25, -0.2) is 15.0 Å². The molecule has 3 aromatic rings. The lowest BCUT2D eigenvalue weighted by Crippen LogP contribution is -2.25. The van der Waals surface area contributed by atoms with Crippen molar-refractivity contribution in [2.75, 3.05) is 18.0 Å². The molecule has 0 amide bonds. The second-order valence-electron chi connectivity index (χ2n) is 7.24. The lowest BCUT2D eigenvalue weighted by molar-refractivity contribution is 0.281. The van der Waals surface area contributed by atoms with Crippen LogP contribution >= 0.6 is 23.2 Å². The topological polar surface area (TPSA) is 71.4 Å². The molecule has 0 saturated carbocycles. The zero-order valence-corrected chi connectivity index (χ0v) is 17.9. The van der Waals surface area contributed by atoms with Gasteiger partial charge in [-0.1, -0.05) is 36.0 Å². The van der Waals surface area contributed by atoms with Crippen molar-refractivity contribution in [1.29, 1.82) is 0 Å². The van der Waals surface area contributed by atoms with Gasteiger partial charge in [-0.3, -0.25) is 0 Å². The summed E-state index contributed by atoms with van der Waals surface area (Å²) in [7, 11) is 0. The van der Waals surface area contributed by atoms with E-state index in [1.165, 1.54) is 12.8 Å². The highest BCUT2D eigenvalue weighted by molar-refractivity contribution is 6.35. The number of hydrogen-bond donors (Lipinski definition) is 1. The molecule has 4 rings (SSSR count). The molecule has 0 spiro atoms. The van der Waals surface area contributed by atoms with Crippen LogP contribution in [0.3, 0.4) is 0 Å². The molecule has 0 unspecified atom stereocenters. The summed E-state index contributed by atoms with van der Waals surface area (Å²) in [4.78, 5) is 15.7. The summed E-state index contributed by atoms with van der Waals surface area (Å²) in [6.07, 6.45) is 8.13. The summed E-state index contributed by atoms with van der Waals surface area (Å²) < 4.78 is 5.88. The van der Waals surface area contributed by atoms with Gasteiger partial charge >= 0.3 is 0 Å². The zero-order chi connectivity index (χ0) is 20.9. The first kappa shape index (κ1) is 20.8. The van der Waals surface area contributed by atoms with Crippen LogP contribution in [-0.2, 0) is 6.61 Å². The molecular formula is C22H22Cl2N4O2. The van der Waals surface area contributed by atoms with E-state index in [1.54, 1.807) is 42.7 Å². The van der Waals surface area contributed by atoms with Gasteiger partial charge in [0.2, 0.25) is 11.8 Å². The number of halogens is 2. The highest BCUT2D eigenvalue weighted by Crippen LogP contribution is 2.30. The summed E-state index contributed by atoms with van der Waals surface area (Å²) in [5.74, 6) is 1.53. The van der Waals surface area contributed by atoms with Crippen molar-refractivity contribution in [3.63, 3.8) is 0 Å². The molecule has 3 heterocycles. The third-order valence-corrected chi connectivity index (χ3v) is 5.36. The van der Waals surface area contributed by atoms with Crippen LogP contribution in [0.4, 0.5) is 5.95 Å². The van der Waals surface area contributed by atoms with Crippen molar-refractivity contribution >= 4 is 29.2 Å². The Hall–Kier alpha value is -2.41. The quantitative estimate of drug-likeness (QED) is 0.559. The molecule has 1 N–H and O–H groups in total. The van der Waals surface area contributed by atoms with Gasteiger partial charge in [0, 0.05) is 34.8 Å². The van der Waals surface area contributed by atoms with Crippen molar-refractivity contribution in [1.82, 2.24) is 15.0 Å². The maximum atomic E-state index is 9.65. The van der Waals surface area contributed by atoms with Crippen LogP contribution in [0.2, 0.25) is 10.0 Å². The Balaban J connectivity index is 1.56. The van der Waals surface area contributed by atoms with E-state index in [2.05, 4.69) is 19.9 Å². The van der Waals surface area contributed by atoms with Crippen molar-refractivity contribution in [3.05, 3.63) is 58.3 Å². The Kier molecular flexibility index (Phi) is 6.67. The lowest BCUT2D eigenvalue weighted by atomic mass is 10.1. The van der Waals surface area contributed by atoms with Crippen molar-refractivity contribution in [2.24, 2.45) is 0 Å². The Morgan fingerprint density at radius 1 is 0.900 bits per heavy atom. The number of aliphatic hydroxyl groups excluding tert-OH is 1. The fourth-order valence-corrected chi connectivity index (χ4v) is 4.00. The molecule has 8 heteroatoms. The Labute approximate surface area is 185 Å². The fourth-order valence-electron chi connectivity index (χ4n) is 3.47. The number of ether oxygens (including phenoxy) is 1. The van der Waals surface area contributed by atoms with E-state index in [0.29, 0.717) is 32.9 Å². The minimum Gasteiger partial charge on any atom is -0.436 e. The highest BCUT2D eigenvalue weighted by Gasteiger charge is 2.13. The molecule has 1 aliphatic rings. The second-order valence-corrected chi connectivity index (χ2v) is 8.11. The maximum Gasteiger partial charge on any atom is 0.225 e. The lowest BCUT2D eigenvalue weighted by Gasteiger charge is -2.19. The van der Waals surface area contributed by atoms with Crippen molar-refractivity contribution in [2.45, 2.75) is 32.3 Å². The van der Waals surface area contributed by atoms with Crippen molar-refractivity contribution < 1.29 is 9.84 Å². The third kappa shape index (κ3) is 5.19. The van der Waals surface area contributed by atoms with Crippen LogP contribution in [0, 0.1) is 0 Å². The van der Waals surface area contributed by atoms with Crippen LogP contribution in [-0.4, -0.2) is 33.1 Å². The molecule has 2 aromatic heterocycles. The first-order chi connectivity index (χ1) is 14.6. The predicted octanol–water partition coefficient (Wildman–Crippen LogP) is 5.51. The Morgan fingerprint density at radius 3 is 2.20 bits per heavy atom. The monoisotopic (exact) mass is 444 g/mol. The number of hydrogen-bond acceptors (Lipinski definition) is 6. The molecule has 6 nitrogen and oxygen atoms in total. The van der Waals surface area contributed by atoms with Gasteiger partial charge in [-0.15, -0.1) is 0 Å². The Morgan fingerprint density at radius 2 is 1.57 bits per heavy atom. The number of aromatic nitrogens is 3. The van der Waals surface area contributed by atoms with E-state index >= 15 is 0 Å². The minimum absolute atomic E-state index is 0.148.